The van der Waals surface area contributed by atoms with Crippen molar-refractivity contribution in [2.45, 2.75) is 6.92 Å². The van der Waals surface area contributed by atoms with Crippen LogP contribution < -0.4 is 5.16 Å². The fourth-order valence-corrected chi connectivity index (χ4v) is 0.288. The van der Waals surface area contributed by atoms with Crippen LogP contribution in [0.1, 0.15) is 5.56 Å². The van der Waals surface area contributed by atoms with E-state index in [2.05, 4.69) is 9.68 Å². The standard InChI is InChI=1S/C4H5NO/c1-4-2-5-6-3-4/h2-3H,1H3/p+1. The van der Waals surface area contributed by atoms with Gasteiger partial charge in [0.2, 0.25) is 6.20 Å². The van der Waals surface area contributed by atoms with Gasteiger partial charge < -0.3 is 0 Å². The van der Waals surface area contributed by atoms with Gasteiger partial charge in [0.1, 0.15) is 0 Å². The molecule has 2 heteroatoms. The summed E-state index contributed by atoms with van der Waals surface area (Å²) in [6.07, 6.45) is 3.44. The van der Waals surface area contributed by atoms with E-state index < -0.39 is 0 Å². The minimum atomic E-state index is 1.12. The molecule has 1 aromatic heterocycles. The van der Waals surface area contributed by atoms with Gasteiger partial charge >= 0.3 is 0 Å². The van der Waals surface area contributed by atoms with E-state index in [0.29, 0.717) is 0 Å². The van der Waals surface area contributed by atoms with E-state index in [1.54, 1.807) is 12.5 Å². The fourth-order valence-electron chi connectivity index (χ4n) is 0.288. The molecule has 6 heavy (non-hydrogen) atoms. The number of hydrogen-bond donors (Lipinski definition) is 0. The third kappa shape index (κ3) is 0.407. The maximum absolute atomic E-state index is 4.59. The lowest BCUT2D eigenvalue weighted by Gasteiger charge is -1.54. The van der Waals surface area contributed by atoms with Crippen molar-refractivity contribution in [3.8, 4) is 0 Å². The number of hydrogen-bond acceptors (Lipinski definition) is 1. The van der Waals surface area contributed by atoms with Gasteiger partial charge in [-0.05, 0) is 12.1 Å². The van der Waals surface area contributed by atoms with E-state index in [-0.39, 0.29) is 0 Å². The SMILES string of the molecule is Cc1c[nH+]oc1. The van der Waals surface area contributed by atoms with Crippen LogP contribution in [0, 0.1) is 6.92 Å². The quantitative estimate of drug-likeness (QED) is 0.447. The molecule has 0 bridgehead atoms. The van der Waals surface area contributed by atoms with Crippen LogP contribution in [-0.2, 0) is 0 Å². The molecule has 0 unspecified atom stereocenters. The Balaban J connectivity index is 3.05. The topological polar surface area (TPSA) is 27.3 Å². The molecule has 0 aliphatic heterocycles. The highest BCUT2D eigenvalue weighted by atomic mass is 16.5. The first-order chi connectivity index (χ1) is 2.89. The third-order valence-corrected chi connectivity index (χ3v) is 0.599. The lowest BCUT2D eigenvalue weighted by Crippen LogP contribution is -1.88. The normalized spacial score (nSPS) is 8.83. The van der Waals surface area contributed by atoms with Gasteiger partial charge in [0.15, 0.2) is 6.26 Å². The first-order valence-corrected chi connectivity index (χ1v) is 1.81. The first-order valence-electron chi connectivity index (χ1n) is 1.81. The average molecular weight is 84.1 g/mol. The highest BCUT2D eigenvalue weighted by Gasteiger charge is 1.84. The molecule has 2 nitrogen and oxygen atoms in total. The predicted octanol–water partition coefficient (Wildman–Crippen LogP) is 0.402. The number of aromatic amines is 1. The van der Waals surface area contributed by atoms with Crippen molar-refractivity contribution in [2.24, 2.45) is 0 Å². The number of nitrogens with one attached hydrogen (secondary N) is 1. The molecular weight excluding hydrogens is 78.0 g/mol. The summed E-state index contributed by atoms with van der Waals surface area (Å²) in [5.74, 6) is 0. The van der Waals surface area contributed by atoms with Crippen LogP contribution in [0.15, 0.2) is 17.0 Å². The Kier molecular flexibility index (Phi) is 0.638. The summed E-state index contributed by atoms with van der Waals surface area (Å²) in [6.45, 7) is 1.96. The number of aromatic nitrogens is 1. The van der Waals surface area contributed by atoms with Crippen molar-refractivity contribution in [3.05, 3.63) is 18.0 Å². The van der Waals surface area contributed by atoms with Gasteiger partial charge in [0.05, 0.1) is 5.56 Å². The molecule has 0 amide bonds. The Morgan fingerprint density at radius 2 is 2.67 bits per heavy atom. The molecule has 0 saturated heterocycles. The number of rotatable bonds is 0. The van der Waals surface area contributed by atoms with Gasteiger partial charge in [0, 0.05) is 0 Å². The third-order valence-electron chi connectivity index (χ3n) is 0.599. The summed E-state index contributed by atoms with van der Waals surface area (Å²) in [6, 6.07) is 0. The molecule has 1 heterocycles. The van der Waals surface area contributed by atoms with Gasteiger partial charge in [0.25, 0.3) is 0 Å². The molecule has 1 rings (SSSR count). The van der Waals surface area contributed by atoms with Crippen LogP contribution in [-0.4, -0.2) is 0 Å². The van der Waals surface area contributed by atoms with Crippen LogP contribution in [0.4, 0.5) is 0 Å². The minimum Gasteiger partial charge on any atom is -0.247 e. The number of H-pyrrole nitrogens is 1. The van der Waals surface area contributed by atoms with Crippen molar-refractivity contribution in [2.75, 3.05) is 0 Å². The van der Waals surface area contributed by atoms with Crippen molar-refractivity contribution < 1.29 is 9.68 Å². The summed E-state index contributed by atoms with van der Waals surface area (Å²) in [7, 11) is 0. The largest absolute Gasteiger partial charge is 0.247 e. The minimum absolute atomic E-state index is 1.12. The summed E-state index contributed by atoms with van der Waals surface area (Å²) < 4.78 is 4.59. The molecule has 0 saturated carbocycles. The molecule has 0 spiro atoms. The van der Waals surface area contributed by atoms with Crippen LogP contribution in [0.5, 0.6) is 0 Å². The Hall–Kier alpha value is -0.790. The molecule has 0 aromatic carbocycles. The Morgan fingerprint density at radius 3 is 2.83 bits per heavy atom. The summed E-state index contributed by atoms with van der Waals surface area (Å²) in [5.41, 5.74) is 1.12. The molecule has 1 N–H and O–H groups in total. The lowest BCUT2D eigenvalue weighted by atomic mass is 10.4. The zero-order valence-corrected chi connectivity index (χ0v) is 3.56. The molecule has 32 valence electrons. The second-order valence-electron chi connectivity index (χ2n) is 1.24. The van der Waals surface area contributed by atoms with E-state index in [0.717, 1.165) is 5.56 Å². The zero-order chi connectivity index (χ0) is 4.41. The van der Waals surface area contributed by atoms with Gasteiger partial charge in [-0.15, -0.1) is 0 Å². The highest BCUT2D eigenvalue weighted by Crippen LogP contribution is 1.84. The van der Waals surface area contributed by atoms with E-state index in [1.807, 2.05) is 6.92 Å². The van der Waals surface area contributed by atoms with E-state index in [4.69, 9.17) is 0 Å². The number of aryl methyl sites for hydroxylation is 1. The Morgan fingerprint density at radius 1 is 1.83 bits per heavy atom. The smallest absolute Gasteiger partial charge is 0.219 e. The van der Waals surface area contributed by atoms with Gasteiger partial charge in [-0.1, -0.05) is 0 Å². The molecule has 0 aliphatic rings. The van der Waals surface area contributed by atoms with Gasteiger partial charge in [-0.3, -0.25) is 0 Å². The summed E-state index contributed by atoms with van der Waals surface area (Å²) in [5, 5.41) is 2.55. The van der Waals surface area contributed by atoms with Crippen molar-refractivity contribution >= 4 is 0 Å². The fraction of sp³-hybridized carbons (Fsp3) is 0.250. The highest BCUT2D eigenvalue weighted by molar-refractivity contribution is 4.90. The van der Waals surface area contributed by atoms with Crippen molar-refractivity contribution in [3.63, 3.8) is 0 Å². The van der Waals surface area contributed by atoms with Gasteiger partial charge in [-0.25, -0.2) is 4.52 Å². The molecule has 0 fully saturated rings. The van der Waals surface area contributed by atoms with Crippen LogP contribution >= 0.6 is 0 Å². The molecular formula is C4H6NO+. The van der Waals surface area contributed by atoms with Gasteiger partial charge in [-0.2, -0.15) is 0 Å². The maximum Gasteiger partial charge on any atom is 0.219 e. The van der Waals surface area contributed by atoms with Crippen LogP contribution in [0.3, 0.4) is 0 Å². The van der Waals surface area contributed by atoms with E-state index >= 15 is 0 Å². The molecule has 0 atom stereocenters. The zero-order valence-electron chi connectivity index (χ0n) is 3.56. The second-order valence-corrected chi connectivity index (χ2v) is 1.24. The van der Waals surface area contributed by atoms with Crippen molar-refractivity contribution in [1.29, 1.82) is 0 Å². The Bertz CT molecular complexity index is 111. The van der Waals surface area contributed by atoms with Crippen molar-refractivity contribution in [1.82, 2.24) is 0 Å². The monoisotopic (exact) mass is 84.0 g/mol. The summed E-state index contributed by atoms with van der Waals surface area (Å²) >= 11 is 0. The summed E-state index contributed by atoms with van der Waals surface area (Å²) in [4.78, 5) is 0. The Labute approximate surface area is 35.8 Å². The van der Waals surface area contributed by atoms with E-state index in [1.165, 1.54) is 0 Å². The molecule has 0 radical (unpaired) electrons. The average Bonchev–Trinajstić information content (AvgIpc) is 1.86. The predicted molar refractivity (Wildman–Crippen MR) is 20.0 cm³/mol. The maximum atomic E-state index is 4.59. The molecule has 0 aliphatic carbocycles. The first kappa shape index (κ1) is 3.40. The molecule has 1 aromatic rings. The van der Waals surface area contributed by atoms with E-state index in [9.17, 15) is 0 Å². The van der Waals surface area contributed by atoms with Crippen LogP contribution in [0.25, 0.3) is 0 Å². The second kappa shape index (κ2) is 1.12. The van der Waals surface area contributed by atoms with Crippen LogP contribution in [0.2, 0.25) is 0 Å². The lowest BCUT2D eigenvalue weighted by molar-refractivity contribution is -0.608.